The van der Waals surface area contributed by atoms with Crippen LogP contribution in [0.4, 0.5) is 0 Å². The number of carbonyl (C=O) groups excluding carboxylic acids is 1. The van der Waals surface area contributed by atoms with E-state index in [1.165, 1.54) is 5.56 Å². The van der Waals surface area contributed by atoms with Crippen LogP contribution in [-0.2, 0) is 11.3 Å². The van der Waals surface area contributed by atoms with Crippen molar-refractivity contribution < 1.29 is 9.53 Å². The quantitative estimate of drug-likeness (QED) is 0.725. The summed E-state index contributed by atoms with van der Waals surface area (Å²) >= 11 is 0. The second-order valence-corrected chi connectivity index (χ2v) is 6.75. The van der Waals surface area contributed by atoms with Gasteiger partial charge in [0.05, 0.1) is 0 Å². The van der Waals surface area contributed by atoms with Crippen LogP contribution in [0.3, 0.4) is 0 Å². The molecule has 1 atom stereocenters. The largest absolute Gasteiger partial charge is 0.483 e. The normalized spacial score (nSPS) is 14.8. The molecule has 1 aliphatic carbocycles. The fourth-order valence-corrected chi connectivity index (χ4v) is 2.96. The van der Waals surface area contributed by atoms with E-state index >= 15 is 0 Å². The maximum absolute atomic E-state index is 12.7. The van der Waals surface area contributed by atoms with Crippen LogP contribution in [0.2, 0.25) is 0 Å². The zero-order valence-electron chi connectivity index (χ0n) is 15.0. The first-order chi connectivity index (χ1) is 12.2. The van der Waals surface area contributed by atoms with Crippen molar-refractivity contribution in [1.29, 1.82) is 0 Å². The van der Waals surface area contributed by atoms with E-state index in [0.29, 0.717) is 18.5 Å². The Balaban J connectivity index is 1.65. The molecule has 25 heavy (non-hydrogen) atoms. The highest BCUT2D eigenvalue weighted by Crippen LogP contribution is 2.30. The molecule has 0 radical (unpaired) electrons. The monoisotopic (exact) mass is 338 g/mol. The number of carbonyl (C=O) groups is 1. The zero-order valence-corrected chi connectivity index (χ0v) is 15.0. The summed E-state index contributed by atoms with van der Waals surface area (Å²) in [6.07, 6.45) is 6.78. The van der Waals surface area contributed by atoms with Crippen LogP contribution in [0.1, 0.15) is 50.2 Å². The smallest absolute Gasteiger partial charge is 0.261 e. The van der Waals surface area contributed by atoms with Crippen molar-refractivity contribution in [2.24, 2.45) is 0 Å². The number of pyridine rings is 1. The van der Waals surface area contributed by atoms with E-state index in [-0.39, 0.29) is 12.5 Å². The highest BCUT2D eigenvalue weighted by molar-refractivity contribution is 5.78. The van der Waals surface area contributed by atoms with Crippen LogP contribution < -0.4 is 4.74 Å². The van der Waals surface area contributed by atoms with Gasteiger partial charge in [-0.1, -0.05) is 38.1 Å². The number of ether oxygens (including phenoxy) is 1. The second-order valence-electron chi connectivity index (χ2n) is 6.75. The third-order valence-corrected chi connectivity index (χ3v) is 4.80. The molecule has 4 nitrogen and oxygen atoms in total. The molecule has 1 aromatic heterocycles. The molecule has 132 valence electrons. The molecular weight excluding hydrogens is 312 g/mol. The minimum Gasteiger partial charge on any atom is -0.483 e. The average molecular weight is 338 g/mol. The Bertz CT molecular complexity index is 698. The van der Waals surface area contributed by atoms with Gasteiger partial charge in [0, 0.05) is 25.0 Å². The molecular formula is C21H26N2O2. The molecule has 0 bridgehead atoms. The van der Waals surface area contributed by atoms with Crippen LogP contribution >= 0.6 is 0 Å². The summed E-state index contributed by atoms with van der Waals surface area (Å²) in [4.78, 5) is 18.8. The van der Waals surface area contributed by atoms with Gasteiger partial charge < -0.3 is 9.64 Å². The molecule has 1 amide bonds. The van der Waals surface area contributed by atoms with Crippen LogP contribution in [0, 0.1) is 0 Å². The van der Waals surface area contributed by atoms with Gasteiger partial charge in [-0.2, -0.15) is 0 Å². The summed E-state index contributed by atoms with van der Waals surface area (Å²) in [5, 5.41) is 0. The number of hydrogen-bond acceptors (Lipinski definition) is 3. The first kappa shape index (κ1) is 17.5. The number of nitrogens with zero attached hydrogens (tertiary/aromatic N) is 2. The summed E-state index contributed by atoms with van der Waals surface area (Å²) in [5.74, 6) is 1.29. The number of amides is 1. The minimum atomic E-state index is 0.0466. The summed E-state index contributed by atoms with van der Waals surface area (Å²) in [5.41, 5.74) is 2.23. The Morgan fingerprint density at radius 3 is 2.76 bits per heavy atom. The van der Waals surface area contributed by atoms with Gasteiger partial charge in [-0.05, 0) is 48.4 Å². The molecule has 1 heterocycles. The summed E-state index contributed by atoms with van der Waals surface area (Å²) < 4.78 is 5.91. The molecule has 0 aliphatic heterocycles. The first-order valence-electron chi connectivity index (χ1n) is 9.09. The fourth-order valence-electron chi connectivity index (χ4n) is 2.96. The maximum atomic E-state index is 12.7. The van der Waals surface area contributed by atoms with Gasteiger partial charge in [0.2, 0.25) is 0 Å². The number of para-hydroxylation sites is 1. The molecule has 1 aliphatic rings. The van der Waals surface area contributed by atoms with Crippen LogP contribution in [0.5, 0.6) is 5.75 Å². The lowest BCUT2D eigenvalue weighted by Crippen LogP contribution is -2.36. The Kier molecular flexibility index (Phi) is 5.69. The minimum absolute atomic E-state index is 0.0466. The van der Waals surface area contributed by atoms with Gasteiger partial charge >= 0.3 is 0 Å². The summed E-state index contributed by atoms with van der Waals surface area (Å²) in [7, 11) is 0. The van der Waals surface area contributed by atoms with Crippen molar-refractivity contribution >= 4 is 5.91 Å². The predicted molar refractivity (Wildman–Crippen MR) is 98.5 cm³/mol. The van der Waals surface area contributed by atoms with Crippen molar-refractivity contribution in [3.63, 3.8) is 0 Å². The van der Waals surface area contributed by atoms with E-state index in [0.717, 1.165) is 30.6 Å². The molecule has 0 spiro atoms. The molecule has 1 aromatic carbocycles. The molecule has 0 N–H and O–H groups in total. The molecule has 1 saturated carbocycles. The number of aromatic nitrogens is 1. The standard InChI is InChI=1S/C21H26N2O2/c1-3-16(2)19-8-4-5-9-20(19)25-15-21(24)23(18-10-11-18)14-17-7-6-12-22-13-17/h4-9,12-13,16,18H,3,10-11,14-15H2,1-2H3. The molecule has 1 fully saturated rings. The van der Waals surface area contributed by atoms with Crippen molar-refractivity contribution in [2.75, 3.05) is 6.61 Å². The number of rotatable bonds is 8. The molecule has 1 unspecified atom stereocenters. The van der Waals surface area contributed by atoms with E-state index in [2.05, 4.69) is 24.9 Å². The van der Waals surface area contributed by atoms with Crippen LogP contribution in [0.25, 0.3) is 0 Å². The van der Waals surface area contributed by atoms with Crippen molar-refractivity contribution in [3.05, 3.63) is 59.9 Å². The van der Waals surface area contributed by atoms with Gasteiger partial charge in [0.15, 0.2) is 6.61 Å². The summed E-state index contributed by atoms with van der Waals surface area (Å²) in [6.45, 7) is 5.04. The van der Waals surface area contributed by atoms with Crippen LogP contribution in [0.15, 0.2) is 48.8 Å². The molecule has 4 heteroatoms. The SMILES string of the molecule is CCC(C)c1ccccc1OCC(=O)N(Cc1cccnc1)C1CC1. The van der Waals surface area contributed by atoms with E-state index in [9.17, 15) is 4.79 Å². The third kappa shape index (κ3) is 4.59. The van der Waals surface area contributed by atoms with Gasteiger partial charge in [-0.3, -0.25) is 9.78 Å². The fraction of sp³-hybridized carbons (Fsp3) is 0.429. The topological polar surface area (TPSA) is 42.4 Å². The second kappa shape index (κ2) is 8.15. The predicted octanol–water partition coefficient (Wildman–Crippen LogP) is 4.17. The average Bonchev–Trinajstić information content (AvgIpc) is 3.49. The number of hydrogen-bond donors (Lipinski definition) is 0. The van der Waals surface area contributed by atoms with Gasteiger partial charge in [-0.15, -0.1) is 0 Å². The highest BCUT2D eigenvalue weighted by Gasteiger charge is 2.32. The van der Waals surface area contributed by atoms with Gasteiger partial charge in [0.25, 0.3) is 5.91 Å². The van der Waals surface area contributed by atoms with Crippen molar-refractivity contribution in [2.45, 2.75) is 51.6 Å². The van der Waals surface area contributed by atoms with E-state index in [1.54, 1.807) is 6.20 Å². The van der Waals surface area contributed by atoms with E-state index in [1.807, 2.05) is 41.4 Å². The first-order valence-corrected chi connectivity index (χ1v) is 9.09. The Labute approximate surface area is 149 Å². The highest BCUT2D eigenvalue weighted by atomic mass is 16.5. The summed E-state index contributed by atoms with van der Waals surface area (Å²) in [6, 6.07) is 12.3. The molecule has 3 rings (SSSR count). The van der Waals surface area contributed by atoms with Crippen molar-refractivity contribution in [3.8, 4) is 5.75 Å². The zero-order chi connectivity index (χ0) is 17.6. The Hall–Kier alpha value is -2.36. The van der Waals surface area contributed by atoms with Gasteiger partial charge in [-0.25, -0.2) is 0 Å². The van der Waals surface area contributed by atoms with Gasteiger partial charge in [0.1, 0.15) is 5.75 Å². The van der Waals surface area contributed by atoms with Crippen molar-refractivity contribution in [1.82, 2.24) is 9.88 Å². The molecule has 0 saturated heterocycles. The lowest BCUT2D eigenvalue weighted by molar-refractivity contribution is -0.134. The Morgan fingerprint density at radius 1 is 1.28 bits per heavy atom. The van der Waals surface area contributed by atoms with E-state index < -0.39 is 0 Å². The number of benzene rings is 1. The van der Waals surface area contributed by atoms with E-state index in [4.69, 9.17) is 4.74 Å². The maximum Gasteiger partial charge on any atom is 0.261 e. The Morgan fingerprint density at radius 2 is 2.08 bits per heavy atom. The third-order valence-electron chi connectivity index (χ3n) is 4.80. The lowest BCUT2D eigenvalue weighted by Gasteiger charge is -2.23. The lowest BCUT2D eigenvalue weighted by atomic mass is 9.98. The molecule has 2 aromatic rings. The van der Waals surface area contributed by atoms with Crippen LogP contribution in [-0.4, -0.2) is 28.4 Å².